The Bertz CT molecular complexity index is 1320. The summed E-state index contributed by atoms with van der Waals surface area (Å²) >= 11 is 0. The zero-order valence-electron chi connectivity index (χ0n) is 20.4. The summed E-state index contributed by atoms with van der Waals surface area (Å²) in [6, 6.07) is 13.7. The van der Waals surface area contributed by atoms with E-state index in [-0.39, 0.29) is 17.2 Å². The number of rotatable bonds is 3. The minimum Gasteiger partial charge on any atom is -0.507 e. The molecular weight excluding hydrogens is 489 g/mol. The molecule has 37 heavy (non-hydrogen) atoms. The van der Waals surface area contributed by atoms with E-state index in [1.54, 1.807) is 6.07 Å². The lowest BCUT2D eigenvalue weighted by Gasteiger charge is -2.47. The number of carboxylic acid groups (broad SMARTS) is 1. The first-order valence-electron chi connectivity index (χ1n) is 11.8. The van der Waals surface area contributed by atoms with E-state index in [1.807, 2.05) is 36.2 Å². The number of hydrogen-bond acceptors (Lipinski definition) is 5. The molecule has 1 unspecified atom stereocenters. The van der Waals surface area contributed by atoms with Gasteiger partial charge in [0.1, 0.15) is 11.3 Å². The van der Waals surface area contributed by atoms with Gasteiger partial charge >= 0.3 is 12.1 Å². The number of nitrogens with zero attached hydrogens (tertiary/aromatic N) is 4. The minimum atomic E-state index is -5.08. The molecule has 3 aromatic rings. The van der Waals surface area contributed by atoms with Crippen LogP contribution in [0.25, 0.3) is 5.82 Å². The number of hydrogen-bond donors (Lipinski definition) is 2. The number of aliphatic carboxylic acids is 1. The van der Waals surface area contributed by atoms with Crippen LogP contribution in [0.1, 0.15) is 41.4 Å². The first-order chi connectivity index (χ1) is 17.5. The van der Waals surface area contributed by atoms with Gasteiger partial charge < -0.3 is 24.6 Å². The van der Waals surface area contributed by atoms with Crippen molar-refractivity contribution in [3.05, 3.63) is 71.7 Å². The Labute approximate surface area is 211 Å². The zero-order valence-corrected chi connectivity index (χ0v) is 20.4. The number of halogens is 3. The van der Waals surface area contributed by atoms with Crippen LogP contribution >= 0.6 is 0 Å². The molecular formula is C26H27F3N4O4. The van der Waals surface area contributed by atoms with E-state index in [1.165, 1.54) is 5.69 Å². The standard InChI is InChI=1S/C24H26N4O2.C2HF3O2/c1-3-13-28-19-9-5-12-25-22(19)27-14-6-10-20(27)24(28)11-15-26(16-24)23(30)18-8-4-7-17(2)21(18)29;3-2(4,5)1(6)7/h4-10,12,14,29H,3,11,13,15-16H2,1-2H3;(H,6,7). The van der Waals surface area contributed by atoms with Gasteiger partial charge in [0.25, 0.3) is 5.91 Å². The molecule has 2 aliphatic heterocycles. The van der Waals surface area contributed by atoms with Gasteiger partial charge in [0.15, 0.2) is 5.82 Å². The van der Waals surface area contributed by atoms with Crippen LogP contribution < -0.4 is 4.90 Å². The molecule has 0 saturated carbocycles. The summed E-state index contributed by atoms with van der Waals surface area (Å²) in [6.45, 7) is 6.12. The molecule has 1 atom stereocenters. The number of phenols is 1. The Hall–Kier alpha value is -4.02. The van der Waals surface area contributed by atoms with Crippen LogP contribution in [0.3, 0.4) is 0 Å². The maximum Gasteiger partial charge on any atom is 0.490 e. The lowest BCUT2D eigenvalue weighted by atomic mass is 9.88. The molecule has 1 saturated heterocycles. The maximum absolute atomic E-state index is 13.3. The Balaban J connectivity index is 0.000000405. The lowest BCUT2D eigenvalue weighted by molar-refractivity contribution is -0.192. The van der Waals surface area contributed by atoms with Crippen LogP contribution in [-0.4, -0.2) is 62.4 Å². The second kappa shape index (κ2) is 9.79. The van der Waals surface area contributed by atoms with Crippen LogP contribution in [-0.2, 0) is 10.3 Å². The molecule has 0 radical (unpaired) electrons. The van der Waals surface area contributed by atoms with Crippen LogP contribution in [0.15, 0.2) is 54.9 Å². The average molecular weight is 517 g/mol. The van der Waals surface area contributed by atoms with Crippen LogP contribution in [0.2, 0.25) is 0 Å². The summed E-state index contributed by atoms with van der Waals surface area (Å²) in [5.74, 6) is -1.85. The lowest BCUT2D eigenvalue weighted by Crippen LogP contribution is -2.53. The van der Waals surface area contributed by atoms with Gasteiger partial charge in [0, 0.05) is 32.0 Å². The van der Waals surface area contributed by atoms with E-state index in [0.29, 0.717) is 24.2 Å². The number of anilines is 1. The quantitative estimate of drug-likeness (QED) is 0.532. The normalized spacial score (nSPS) is 18.2. The van der Waals surface area contributed by atoms with Gasteiger partial charge in [-0.15, -0.1) is 0 Å². The number of aryl methyl sites for hydroxylation is 1. The highest BCUT2D eigenvalue weighted by atomic mass is 19.4. The Morgan fingerprint density at radius 2 is 1.86 bits per heavy atom. The van der Waals surface area contributed by atoms with E-state index in [2.05, 4.69) is 45.8 Å². The molecule has 196 valence electrons. The largest absolute Gasteiger partial charge is 0.507 e. The van der Waals surface area contributed by atoms with Crippen molar-refractivity contribution in [1.82, 2.24) is 14.5 Å². The second-order valence-corrected chi connectivity index (χ2v) is 9.04. The number of fused-ring (bicyclic) bond motifs is 4. The highest BCUT2D eigenvalue weighted by Crippen LogP contribution is 2.47. The number of aromatic hydroxyl groups is 1. The second-order valence-electron chi connectivity index (χ2n) is 9.04. The summed E-state index contributed by atoms with van der Waals surface area (Å²) in [5.41, 5.74) is 3.07. The molecule has 4 heterocycles. The predicted octanol–water partition coefficient (Wildman–Crippen LogP) is 4.49. The van der Waals surface area contributed by atoms with Crippen molar-refractivity contribution in [1.29, 1.82) is 0 Å². The molecule has 2 N–H and O–H groups in total. The van der Waals surface area contributed by atoms with Crippen LogP contribution in [0.5, 0.6) is 5.75 Å². The number of benzene rings is 1. The molecule has 2 aliphatic rings. The Kier molecular flexibility index (Phi) is 6.90. The van der Waals surface area contributed by atoms with Crippen molar-refractivity contribution < 1.29 is 33.0 Å². The van der Waals surface area contributed by atoms with Crippen LogP contribution in [0, 0.1) is 6.92 Å². The first-order valence-corrected chi connectivity index (χ1v) is 11.8. The SMILES string of the molecule is CCCN1c2cccnc2-n2cccc2C12CCN(C(=O)c1cccc(C)c1O)C2.O=C(O)C(F)(F)F. The van der Waals surface area contributed by atoms with Gasteiger partial charge in [-0.2, -0.15) is 13.2 Å². The number of alkyl halides is 3. The summed E-state index contributed by atoms with van der Waals surface area (Å²) in [5, 5.41) is 17.6. The molecule has 11 heteroatoms. The third-order valence-electron chi connectivity index (χ3n) is 6.72. The molecule has 0 bridgehead atoms. The number of phenolic OH excluding ortho intramolecular Hbond substituents is 1. The molecule has 1 spiro atoms. The number of amides is 1. The fourth-order valence-corrected chi connectivity index (χ4v) is 5.05. The monoisotopic (exact) mass is 516 g/mol. The number of likely N-dealkylation sites (tertiary alicyclic amines) is 1. The molecule has 1 amide bonds. The van der Waals surface area contributed by atoms with Crippen molar-refractivity contribution in [3.63, 3.8) is 0 Å². The first kappa shape index (κ1) is 26.1. The van der Waals surface area contributed by atoms with Crippen LogP contribution in [0.4, 0.5) is 18.9 Å². The smallest absolute Gasteiger partial charge is 0.490 e. The van der Waals surface area contributed by atoms with Crippen molar-refractivity contribution in [2.45, 2.75) is 38.4 Å². The highest BCUT2D eigenvalue weighted by molar-refractivity contribution is 5.97. The molecule has 1 fully saturated rings. The van der Waals surface area contributed by atoms with Crippen molar-refractivity contribution in [3.8, 4) is 11.6 Å². The minimum absolute atomic E-state index is 0.0791. The fraction of sp³-hybridized carbons (Fsp3) is 0.346. The number of para-hydroxylation sites is 1. The fourth-order valence-electron chi connectivity index (χ4n) is 5.05. The van der Waals surface area contributed by atoms with E-state index in [0.717, 1.165) is 30.9 Å². The van der Waals surface area contributed by atoms with E-state index >= 15 is 0 Å². The molecule has 5 rings (SSSR count). The van der Waals surface area contributed by atoms with Gasteiger partial charge in [0.05, 0.1) is 16.9 Å². The van der Waals surface area contributed by atoms with E-state index < -0.39 is 12.1 Å². The highest BCUT2D eigenvalue weighted by Gasteiger charge is 2.50. The maximum atomic E-state index is 13.3. The van der Waals surface area contributed by atoms with Gasteiger partial charge in [-0.25, -0.2) is 9.78 Å². The van der Waals surface area contributed by atoms with Crippen molar-refractivity contribution in [2.75, 3.05) is 24.5 Å². The number of pyridine rings is 1. The topological polar surface area (TPSA) is 98.9 Å². The summed E-state index contributed by atoms with van der Waals surface area (Å²) < 4.78 is 33.9. The summed E-state index contributed by atoms with van der Waals surface area (Å²) in [6.07, 6.45) is 0.645. The number of carboxylic acids is 1. The summed E-state index contributed by atoms with van der Waals surface area (Å²) in [7, 11) is 0. The Morgan fingerprint density at radius 1 is 1.14 bits per heavy atom. The molecule has 8 nitrogen and oxygen atoms in total. The predicted molar refractivity (Wildman–Crippen MR) is 130 cm³/mol. The molecule has 1 aromatic carbocycles. The average Bonchev–Trinajstić information content (AvgIpc) is 3.52. The number of carbonyl (C=O) groups excluding carboxylic acids is 1. The molecule has 2 aromatic heterocycles. The Morgan fingerprint density at radius 3 is 2.54 bits per heavy atom. The summed E-state index contributed by atoms with van der Waals surface area (Å²) in [4.78, 5) is 31.2. The number of carbonyl (C=O) groups is 2. The van der Waals surface area contributed by atoms with Gasteiger partial charge in [0.2, 0.25) is 0 Å². The van der Waals surface area contributed by atoms with Crippen molar-refractivity contribution >= 4 is 17.6 Å². The van der Waals surface area contributed by atoms with Gasteiger partial charge in [-0.05, 0) is 55.7 Å². The zero-order chi connectivity index (χ0) is 27.0. The molecule has 0 aliphatic carbocycles. The van der Waals surface area contributed by atoms with Gasteiger partial charge in [-0.3, -0.25) is 4.79 Å². The van der Waals surface area contributed by atoms with E-state index in [9.17, 15) is 23.1 Å². The van der Waals surface area contributed by atoms with Crippen molar-refractivity contribution in [2.24, 2.45) is 0 Å². The van der Waals surface area contributed by atoms with Gasteiger partial charge in [-0.1, -0.05) is 19.1 Å². The van der Waals surface area contributed by atoms with E-state index in [4.69, 9.17) is 9.90 Å². The number of aromatic nitrogens is 2. The third-order valence-corrected chi connectivity index (χ3v) is 6.72. The third kappa shape index (κ3) is 4.61.